The Morgan fingerprint density at radius 2 is 1.96 bits per heavy atom. The predicted octanol–water partition coefficient (Wildman–Crippen LogP) is 2.26. The Balaban J connectivity index is 1.88. The molecule has 2 aromatic heterocycles. The summed E-state index contributed by atoms with van der Waals surface area (Å²) in [4.78, 5) is 11.8. The van der Waals surface area contributed by atoms with Crippen molar-refractivity contribution >= 4 is 11.0 Å². The van der Waals surface area contributed by atoms with Gasteiger partial charge in [-0.3, -0.25) is 4.98 Å². The molecule has 0 aliphatic heterocycles. The molecule has 1 unspecified atom stereocenters. The second-order valence-electron chi connectivity index (χ2n) is 5.22. The third-order valence-electron chi connectivity index (χ3n) is 3.78. The van der Waals surface area contributed by atoms with Gasteiger partial charge in [-0.25, -0.2) is 4.98 Å². The van der Waals surface area contributed by atoms with E-state index in [1.807, 2.05) is 18.2 Å². The van der Waals surface area contributed by atoms with E-state index in [0.29, 0.717) is 23.0 Å². The molecular weight excluding hydrogens is 310 g/mol. The van der Waals surface area contributed by atoms with Crippen LogP contribution in [0.15, 0.2) is 30.5 Å². The van der Waals surface area contributed by atoms with Gasteiger partial charge in [0.2, 0.25) is 0 Å². The standard InChI is InChI=1S/C17H19N3O4/c1-22-10-4-5-11-12(8-10)20-17(19-11)14(21)9-13-16(24-3)15(23-2)6-7-18-13/h4-8,14,21H,9H2,1-3H3,(H,19,20). The highest BCUT2D eigenvalue weighted by Gasteiger charge is 2.19. The molecule has 0 spiro atoms. The Morgan fingerprint density at radius 3 is 2.67 bits per heavy atom. The van der Waals surface area contributed by atoms with Crippen LogP contribution >= 0.6 is 0 Å². The van der Waals surface area contributed by atoms with E-state index in [2.05, 4.69) is 15.0 Å². The van der Waals surface area contributed by atoms with Crippen molar-refractivity contribution in [3.63, 3.8) is 0 Å². The minimum Gasteiger partial charge on any atom is -0.497 e. The summed E-state index contributed by atoms with van der Waals surface area (Å²) in [5.74, 6) is 2.27. The molecular formula is C17H19N3O4. The van der Waals surface area contributed by atoms with Gasteiger partial charge in [0.1, 0.15) is 17.7 Å². The zero-order chi connectivity index (χ0) is 17.1. The molecule has 0 radical (unpaired) electrons. The molecule has 3 rings (SSSR count). The number of aliphatic hydroxyl groups excluding tert-OH is 1. The summed E-state index contributed by atoms with van der Waals surface area (Å²) in [6, 6.07) is 7.21. The summed E-state index contributed by atoms with van der Waals surface area (Å²) in [5.41, 5.74) is 2.16. The number of hydrogen-bond acceptors (Lipinski definition) is 6. The van der Waals surface area contributed by atoms with E-state index in [1.165, 1.54) is 0 Å². The van der Waals surface area contributed by atoms with Crippen molar-refractivity contribution < 1.29 is 19.3 Å². The molecule has 0 amide bonds. The first-order valence-electron chi connectivity index (χ1n) is 7.43. The van der Waals surface area contributed by atoms with Gasteiger partial charge >= 0.3 is 0 Å². The number of ether oxygens (including phenoxy) is 3. The lowest BCUT2D eigenvalue weighted by Crippen LogP contribution is -2.07. The number of nitrogens with zero attached hydrogens (tertiary/aromatic N) is 2. The normalized spacial score (nSPS) is 12.2. The molecule has 0 fully saturated rings. The van der Waals surface area contributed by atoms with Crippen LogP contribution in [-0.2, 0) is 6.42 Å². The largest absolute Gasteiger partial charge is 0.497 e. The van der Waals surface area contributed by atoms with E-state index in [-0.39, 0.29) is 6.42 Å². The van der Waals surface area contributed by atoms with E-state index in [9.17, 15) is 5.11 Å². The number of methoxy groups -OCH3 is 3. The van der Waals surface area contributed by atoms with Crippen LogP contribution in [-0.4, -0.2) is 41.4 Å². The molecule has 2 heterocycles. The zero-order valence-electron chi connectivity index (χ0n) is 13.7. The SMILES string of the molecule is COc1ccc2nc(C(O)Cc3nccc(OC)c3OC)[nH]c2c1. The van der Waals surface area contributed by atoms with Crippen LogP contribution in [0.4, 0.5) is 0 Å². The van der Waals surface area contributed by atoms with Gasteiger partial charge in [0.05, 0.1) is 38.1 Å². The maximum absolute atomic E-state index is 10.5. The van der Waals surface area contributed by atoms with Crippen LogP contribution in [0.3, 0.4) is 0 Å². The average molecular weight is 329 g/mol. The van der Waals surface area contributed by atoms with E-state index in [4.69, 9.17) is 14.2 Å². The fourth-order valence-electron chi connectivity index (χ4n) is 2.57. The molecule has 7 heteroatoms. The van der Waals surface area contributed by atoms with E-state index in [0.717, 1.165) is 16.8 Å². The summed E-state index contributed by atoms with van der Waals surface area (Å²) in [5, 5.41) is 10.5. The van der Waals surface area contributed by atoms with Crippen LogP contribution in [0.25, 0.3) is 11.0 Å². The summed E-state index contributed by atoms with van der Waals surface area (Å²) in [6.45, 7) is 0. The monoisotopic (exact) mass is 329 g/mol. The van der Waals surface area contributed by atoms with Crippen molar-refractivity contribution in [1.82, 2.24) is 15.0 Å². The number of benzene rings is 1. The summed E-state index contributed by atoms with van der Waals surface area (Å²) in [7, 11) is 4.71. The van der Waals surface area contributed by atoms with Gasteiger partial charge in [0.15, 0.2) is 11.5 Å². The van der Waals surface area contributed by atoms with Crippen LogP contribution < -0.4 is 14.2 Å². The maximum Gasteiger partial charge on any atom is 0.182 e. The molecule has 24 heavy (non-hydrogen) atoms. The second kappa shape index (κ2) is 6.76. The zero-order valence-corrected chi connectivity index (χ0v) is 13.7. The van der Waals surface area contributed by atoms with E-state index < -0.39 is 6.10 Å². The van der Waals surface area contributed by atoms with Crippen LogP contribution in [0.5, 0.6) is 17.2 Å². The molecule has 0 aliphatic rings. The van der Waals surface area contributed by atoms with E-state index >= 15 is 0 Å². The van der Waals surface area contributed by atoms with E-state index in [1.54, 1.807) is 33.6 Å². The third kappa shape index (κ3) is 2.98. The van der Waals surface area contributed by atoms with Gasteiger partial charge in [0, 0.05) is 24.8 Å². The number of aromatic amines is 1. The molecule has 1 atom stereocenters. The van der Waals surface area contributed by atoms with Crippen LogP contribution in [0, 0.1) is 0 Å². The van der Waals surface area contributed by atoms with Gasteiger partial charge < -0.3 is 24.3 Å². The third-order valence-corrected chi connectivity index (χ3v) is 3.78. The minimum absolute atomic E-state index is 0.247. The number of aliphatic hydroxyl groups is 1. The molecule has 7 nitrogen and oxygen atoms in total. The van der Waals surface area contributed by atoms with Gasteiger partial charge in [-0.1, -0.05) is 0 Å². The van der Waals surface area contributed by atoms with Gasteiger partial charge in [-0.15, -0.1) is 0 Å². The maximum atomic E-state index is 10.5. The lowest BCUT2D eigenvalue weighted by atomic mass is 10.1. The Bertz CT molecular complexity index is 847. The van der Waals surface area contributed by atoms with Crippen molar-refractivity contribution in [2.24, 2.45) is 0 Å². The number of fused-ring (bicyclic) bond motifs is 1. The number of aromatic nitrogens is 3. The van der Waals surface area contributed by atoms with Crippen molar-refractivity contribution in [2.45, 2.75) is 12.5 Å². The molecule has 1 aromatic carbocycles. The Hall–Kier alpha value is -2.80. The number of nitrogens with one attached hydrogen (secondary N) is 1. The highest BCUT2D eigenvalue weighted by molar-refractivity contribution is 5.76. The van der Waals surface area contributed by atoms with Gasteiger partial charge in [-0.05, 0) is 12.1 Å². The van der Waals surface area contributed by atoms with Crippen LogP contribution in [0.2, 0.25) is 0 Å². The molecule has 2 N–H and O–H groups in total. The second-order valence-corrected chi connectivity index (χ2v) is 5.22. The number of H-pyrrole nitrogens is 1. The summed E-state index contributed by atoms with van der Waals surface area (Å²) >= 11 is 0. The Labute approximate surface area is 139 Å². The Kier molecular flexibility index (Phi) is 4.52. The fraction of sp³-hybridized carbons (Fsp3) is 0.294. The van der Waals surface area contributed by atoms with Gasteiger partial charge in [-0.2, -0.15) is 0 Å². The quantitative estimate of drug-likeness (QED) is 0.721. The number of rotatable bonds is 6. The highest BCUT2D eigenvalue weighted by Crippen LogP contribution is 2.32. The summed E-state index contributed by atoms with van der Waals surface area (Å²) < 4.78 is 15.8. The lowest BCUT2D eigenvalue weighted by Gasteiger charge is -2.13. The van der Waals surface area contributed by atoms with Crippen molar-refractivity contribution in [3.05, 3.63) is 42.0 Å². The van der Waals surface area contributed by atoms with Crippen LogP contribution in [0.1, 0.15) is 17.6 Å². The first kappa shape index (κ1) is 16.1. The topological polar surface area (TPSA) is 89.5 Å². The summed E-state index contributed by atoms with van der Waals surface area (Å²) in [6.07, 6.45) is 1.02. The lowest BCUT2D eigenvalue weighted by molar-refractivity contribution is 0.167. The van der Waals surface area contributed by atoms with Crippen molar-refractivity contribution in [2.75, 3.05) is 21.3 Å². The predicted molar refractivity (Wildman–Crippen MR) is 88.7 cm³/mol. The van der Waals surface area contributed by atoms with Crippen molar-refractivity contribution in [3.8, 4) is 17.2 Å². The highest BCUT2D eigenvalue weighted by atomic mass is 16.5. The molecule has 126 valence electrons. The number of hydrogen-bond donors (Lipinski definition) is 2. The smallest absolute Gasteiger partial charge is 0.182 e. The fourth-order valence-corrected chi connectivity index (χ4v) is 2.57. The number of imidazole rings is 1. The average Bonchev–Trinajstić information content (AvgIpc) is 3.04. The first-order chi connectivity index (χ1) is 11.7. The minimum atomic E-state index is -0.850. The molecule has 3 aromatic rings. The van der Waals surface area contributed by atoms with Crippen molar-refractivity contribution in [1.29, 1.82) is 0 Å². The Morgan fingerprint density at radius 1 is 1.12 bits per heavy atom. The molecule has 0 aliphatic carbocycles. The molecule has 0 saturated carbocycles. The molecule has 0 saturated heterocycles. The first-order valence-corrected chi connectivity index (χ1v) is 7.43. The number of pyridine rings is 1. The molecule has 0 bridgehead atoms. The van der Waals surface area contributed by atoms with Gasteiger partial charge in [0.25, 0.3) is 0 Å².